The first-order valence-corrected chi connectivity index (χ1v) is 5.77. The maximum absolute atomic E-state index is 11.2. The van der Waals surface area contributed by atoms with Crippen molar-refractivity contribution in [1.82, 2.24) is 5.32 Å². The zero-order chi connectivity index (χ0) is 10.2. The van der Waals surface area contributed by atoms with E-state index in [0.29, 0.717) is 18.2 Å². The second-order valence-corrected chi connectivity index (χ2v) is 4.03. The first-order chi connectivity index (χ1) is 6.83. The summed E-state index contributed by atoms with van der Waals surface area (Å²) < 4.78 is 5.24. The zero-order valence-electron chi connectivity index (χ0n) is 8.43. The van der Waals surface area contributed by atoms with E-state index in [1.165, 1.54) is 0 Å². The van der Waals surface area contributed by atoms with Crippen molar-refractivity contribution in [2.45, 2.75) is 25.7 Å². The summed E-state index contributed by atoms with van der Waals surface area (Å²) in [5.74, 6) is 1.28. The Morgan fingerprint density at radius 1 is 1.43 bits per heavy atom. The molecule has 0 spiro atoms. The van der Waals surface area contributed by atoms with E-state index >= 15 is 0 Å². The van der Waals surface area contributed by atoms with E-state index < -0.39 is 0 Å². The van der Waals surface area contributed by atoms with E-state index in [9.17, 15) is 4.79 Å². The number of nitrogens with one attached hydrogen (secondary N) is 1. The molecule has 82 valence electrons. The molecule has 1 saturated heterocycles. The Hall–Kier alpha value is -0.280. The molecule has 0 atom stereocenters. The van der Waals surface area contributed by atoms with E-state index in [-0.39, 0.29) is 5.91 Å². The van der Waals surface area contributed by atoms with Crippen molar-refractivity contribution in [2.75, 3.05) is 25.6 Å². The van der Waals surface area contributed by atoms with Crippen LogP contribution in [-0.4, -0.2) is 31.5 Å². The molecule has 1 fully saturated rings. The fourth-order valence-corrected chi connectivity index (χ4v) is 1.66. The normalized spacial score (nSPS) is 18.1. The van der Waals surface area contributed by atoms with Gasteiger partial charge in [0.05, 0.1) is 0 Å². The highest BCUT2D eigenvalue weighted by Gasteiger charge is 2.14. The lowest BCUT2D eigenvalue weighted by molar-refractivity contribution is -0.121. The van der Waals surface area contributed by atoms with Gasteiger partial charge in [0.15, 0.2) is 0 Å². The minimum Gasteiger partial charge on any atom is -0.381 e. The Morgan fingerprint density at radius 2 is 2.14 bits per heavy atom. The fraction of sp³-hybridized carbons (Fsp3) is 0.900. The molecule has 1 N–H and O–H groups in total. The summed E-state index contributed by atoms with van der Waals surface area (Å²) in [6.07, 6.45) is 3.44. The lowest BCUT2D eigenvalue weighted by atomic mass is 10.0. The van der Waals surface area contributed by atoms with Gasteiger partial charge in [0.1, 0.15) is 0 Å². The van der Waals surface area contributed by atoms with Crippen molar-refractivity contribution in [2.24, 2.45) is 5.92 Å². The molecule has 1 rings (SSSR count). The van der Waals surface area contributed by atoms with Crippen LogP contribution in [0.15, 0.2) is 0 Å². The van der Waals surface area contributed by atoms with Gasteiger partial charge in [0, 0.05) is 32.1 Å². The first kappa shape index (κ1) is 11.8. The number of alkyl halides is 1. The second-order valence-electron chi connectivity index (χ2n) is 3.65. The van der Waals surface area contributed by atoms with Crippen LogP contribution in [0.25, 0.3) is 0 Å². The van der Waals surface area contributed by atoms with E-state index in [1.807, 2.05) is 0 Å². The average Bonchev–Trinajstić information content (AvgIpc) is 2.25. The van der Waals surface area contributed by atoms with Crippen LogP contribution < -0.4 is 5.32 Å². The van der Waals surface area contributed by atoms with Crippen LogP contribution in [0.4, 0.5) is 0 Å². The van der Waals surface area contributed by atoms with E-state index in [2.05, 4.69) is 5.32 Å². The van der Waals surface area contributed by atoms with Gasteiger partial charge in [-0.15, -0.1) is 11.6 Å². The summed E-state index contributed by atoms with van der Waals surface area (Å²) in [5.41, 5.74) is 0. The van der Waals surface area contributed by atoms with E-state index in [1.54, 1.807) is 0 Å². The van der Waals surface area contributed by atoms with Gasteiger partial charge in [-0.1, -0.05) is 0 Å². The lowest BCUT2D eigenvalue weighted by Gasteiger charge is -2.22. The number of rotatable bonds is 5. The molecule has 0 bridgehead atoms. The van der Waals surface area contributed by atoms with Crippen LogP contribution in [0.3, 0.4) is 0 Å². The molecule has 3 nitrogen and oxygen atoms in total. The van der Waals surface area contributed by atoms with Crippen LogP contribution in [0, 0.1) is 5.92 Å². The smallest absolute Gasteiger partial charge is 0.220 e. The molecule has 4 heteroatoms. The number of amides is 1. The molecule has 1 aliphatic rings. The molecular weight excluding hydrogens is 202 g/mol. The summed E-state index contributed by atoms with van der Waals surface area (Å²) in [7, 11) is 0. The summed E-state index contributed by atoms with van der Waals surface area (Å²) in [4.78, 5) is 11.2. The van der Waals surface area contributed by atoms with Crippen molar-refractivity contribution in [1.29, 1.82) is 0 Å². The minimum absolute atomic E-state index is 0.122. The largest absolute Gasteiger partial charge is 0.381 e. The highest BCUT2D eigenvalue weighted by atomic mass is 35.5. The molecule has 14 heavy (non-hydrogen) atoms. The summed E-state index contributed by atoms with van der Waals surface area (Å²) in [5, 5.41) is 2.93. The topological polar surface area (TPSA) is 38.3 Å². The van der Waals surface area contributed by atoms with Crippen LogP contribution >= 0.6 is 11.6 Å². The Bertz CT molecular complexity index is 170. The number of carbonyl (C=O) groups excluding carboxylic acids is 1. The minimum atomic E-state index is 0.122. The summed E-state index contributed by atoms with van der Waals surface area (Å²) in [6, 6.07) is 0. The third-order valence-corrected chi connectivity index (χ3v) is 2.73. The van der Waals surface area contributed by atoms with Gasteiger partial charge in [-0.3, -0.25) is 4.79 Å². The summed E-state index contributed by atoms with van der Waals surface area (Å²) >= 11 is 5.50. The highest BCUT2D eigenvalue weighted by Crippen LogP contribution is 2.13. The molecular formula is C10H18ClNO2. The molecule has 0 unspecified atom stereocenters. The van der Waals surface area contributed by atoms with Crippen molar-refractivity contribution in [3.05, 3.63) is 0 Å². The number of hydrogen-bond donors (Lipinski definition) is 1. The number of halogens is 1. The monoisotopic (exact) mass is 219 g/mol. The Morgan fingerprint density at radius 3 is 2.79 bits per heavy atom. The highest BCUT2D eigenvalue weighted by molar-refractivity contribution is 6.17. The number of hydrogen-bond acceptors (Lipinski definition) is 2. The molecule has 0 aromatic carbocycles. The molecule has 1 amide bonds. The molecule has 1 heterocycles. The molecule has 1 aliphatic heterocycles. The van der Waals surface area contributed by atoms with Crippen molar-refractivity contribution in [3.63, 3.8) is 0 Å². The van der Waals surface area contributed by atoms with Gasteiger partial charge in [-0.2, -0.15) is 0 Å². The number of ether oxygens (including phenoxy) is 1. The maximum atomic E-state index is 11.2. The van der Waals surface area contributed by atoms with Crippen molar-refractivity contribution >= 4 is 17.5 Å². The Balaban J connectivity index is 2.03. The number of carbonyl (C=O) groups is 1. The molecule has 0 aliphatic carbocycles. The molecule has 0 aromatic heterocycles. The molecule has 0 radical (unpaired) electrons. The van der Waals surface area contributed by atoms with Crippen molar-refractivity contribution < 1.29 is 9.53 Å². The van der Waals surface area contributed by atoms with Crippen LogP contribution in [0.2, 0.25) is 0 Å². The zero-order valence-corrected chi connectivity index (χ0v) is 9.18. The van der Waals surface area contributed by atoms with Gasteiger partial charge < -0.3 is 10.1 Å². The van der Waals surface area contributed by atoms with E-state index in [4.69, 9.17) is 16.3 Å². The third-order valence-electron chi connectivity index (χ3n) is 2.47. The predicted molar refractivity (Wildman–Crippen MR) is 56.5 cm³/mol. The second kappa shape index (κ2) is 7.07. The molecule has 0 aromatic rings. The van der Waals surface area contributed by atoms with Crippen molar-refractivity contribution in [3.8, 4) is 0 Å². The lowest BCUT2D eigenvalue weighted by Crippen LogP contribution is -2.32. The van der Waals surface area contributed by atoms with Crippen LogP contribution in [-0.2, 0) is 9.53 Å². The van der Waals surface area contributed by atoms with Gasteiger partial charge in [-0.25, -0.2) is 0 Å². The molecule has 0 saturated carbocycles. The standard InChI is InChI=1S/C10H18ClNO2/c11-5-1-2-10(13)12-8-9-3-6-14-7-4-9/h9H,1-8H2,(H,12,13). The Labute approximate surface area is 90.1 Å². The van der Waals surface area contributed by atoms with Crippen LogP contribution in [0.5, 0.6) is 0 Å². The SMILES string of the molecule is O=C(CCCCl)NCC1CCOCC1. The third kappa shape index (κ3) is 4.82. The predicted octanol–water partition coefficient (Wildman–Crippen LogP) is 1.55. The first-order valence-electron chi connectivity index (χ1n) is 5.23. The van der Waals surface area contributed by atoms with E-state index in [0.717, 1.165) is 39.0 Å². The van der Waals surface area contributed by atoms with Crippen LogP contribution in [0.1, 0.15) is 25.7 Å². The van der Waals surface area contributed by atoms with Gasteiger partial charge in [0.2, 0.25) is 5.91 Å². The van der Waals surface area contributed by atoms with Gasteiger partial charge >= 0.3 is 0 Å². The average molecular weight is 220 g/mol. The maximum Gasteiger partial charge on any atom is 0.220 e. The Kier molecular flexibility index (Phi) is 5.96. The fourth-order valence-electron chi connectivity index (χ4n) is 1.52. The van der Waals surface area contributed by atoms with Gasteiger partial charge in [-0.05, 0) is 25.2 Å². The van der Waals surface area contributed by atoms with Gasteiger partial charge in [0.25, 0.3) is 0 Å². The quantitative estimate of drug-likeness (QED) is 0.713. The summed E-state index contributed by atoms with van der Waals surface area (Å²) in [6.45, 7) is 2.47.